The molecule has 1 N–H and O–H groups in total. The summed E-state index contributed by atoms with van der Waals surface area (Å²) in [5, 5.41) is 0. The van der Waals surface area contributed by atoms with Gasteiger partial charge in [-0.15, -0.1) is 12.4 Å². The number of hydrogen-bond donors (Lipinski definition) is 1. The van der Waals surface area contributed by atoms with E-state index in [1.54, 1.807) is 12.4 Å². The molecule has 0 spiro atoms. The van der Waals surface area contributed by atoms with E-state index in [0.29, 0.717) is 0 Å². The number of aromatic nitrogens is 2. The average Bonchev–Trinajstić information content (AvgIpc) is 2.57. The molecule has 64 valence electrons. The van der Waals surface area contributed by atoms with Crippen molar-refractivity contribution in [2.24, 2.45) is 0 Å². The van der Waals surface area contributed by atoms with Gasteiger partial charge in [-0.05, 0) is 6.33 Å². The van der Waals surface area contributed by atoms with Gasteiger partial charge in [-0.2, -0.15) is 17.7 Å². The number of nitrogens with zero attached hydrogens (tertiary/aromatic N) is 1. The molecule has 0 fully saturated rings. The third-order valence-corrected chi connectivity index (χ3v) is 1.19. The normalized spacial score (nSPS) is 7.75. The summed E-state index contributed by atoms with van der Waals surface area (Å²) in [4.78, 5) is 6.17. The molecule has 1 aromatic carbocycles. The van der Waals surface area contributed by atoms with Crippen molar-refractivity contribution in [3.8, 4) is 0 Å². The van der Waals surface area contributed by atoms with E-state index in [0.717, 1.165) is 0 Å². The monoisotopic (exact) mass is 248 g/mol. The number of aryl methyl sites for hydroxylation is 1. The second-order valence-corrected chi connectivity index (χ2v) is 2.16. The summed E-state index contributed by atoms with van der Waals surface area (Å²) in [7, 11) is 0. The van der Waals surface area contributed by atoms with Crippen LogP contribution in [0, 0.1) is 13.3 Å². The van der Waals surface area contributed by atoms with E-state index in [1.807, 2.05) is 12.1 Å². The Kier molecular flexibility index (Phi) is 6.40. The van der Waals surface area contributed by atoms with Gasteiger partial charge in [0.1, 0.15) is 0 Å². The molecule has 0 unspecified atom stereocenters. The number of rotatable bonds is 0. The van der Waals surface area contributed by atoms with Crippen LogP contribution in [0.4, 0.5) is 0 Å². The Hall–Kier alpha value is -0.817. The van der Waals surface area contributed by atoms with Gasteiger partial charge in [0.25, 0.3) is 0 Å². The Balaban J connectivity index is 0.000000189. The van der Waals surface area contributed by atoms with Gasteiger partial charge in [-0.3, -0.25) is 0 Å². The summed E-state index contributed by atoms with van der Waals surface area (Å²) in [5.74, 6) is 0. The molecule has 0 aliphatic rings. The van der Waals surface area contributed by atoms with Crippen LogP contribution in [0.25, 0.3) is 0 Å². The summed E-state index contributed by atoms with van der Waals surface area (Å²) >= 11 is 0. The van der Waals surface area contributed by atoms with Crippen LogP contribution >= 0.6 is 0 Å². The predicted molar refractivity (Wildman–Crippen MR) is 44.2 cm³/mol. The topological polar surface area (TPSA) is 28.7 Å². The van der Waals surface area contributed by atoms with Gasteiger partial charge in [0.2, 0.25) is 0 Å². The molecule has 1 aromatic heterocycles. The van der Waals surface area contributed by atoms with E-state index >= 15 is 0 Å². The summed E-state index contributed by atoms with van der Waals surface area (Å²) < 4.78 is 0. The molecule has 2 nitrogen and oxygen atoms in total. The second kappa shape index (κ2) is 6.87. The molecule has 2 rings (SSSR count). The number of nitrogens with one attached hydrogen (secondary N) is 1. The van der Waals surface area contributed by atoms with Crippen LogP contribution < -0.4 is 0 Å². The fourth-order valence-electron chi connectivity index (χ4n) is 0.657. The zero-order valence-corrected chi connectivity index (χ0v) is 8.50. The largest absolute Gasteiger partial charge is 2.00 e. The quantitative estimate of drug-likeness (QED) is 0.559. The van der Waals surface area contributed by atoms with Gasteiger partial charge in [-0.1, -0.05) is 6.92 Å². The van der Waals surface area contributed by atoms with Gasteiger partial charge in [0.15, 0.2) is 0 Å². The molecule has 0 aliphatic heterocycles. The van der Waals surface area contributed by atoms with Crippen molar-refractivity contribution >= 4 is 0 Å². The summed E-state index contributed by atoms with van der Waals surface area (Å²) in [6, 6.07) is 8.24. The fraction of sp³-hybridized carbons (Fsp3) is 0.111. The fourth-order valence-corrected chi connectivity index (χ4v) is 0.657. The molecule has 3 heteroatoms. The Morgan fingerprint density at radius 3 is 2.17 bits per heavy atom. The van der Waals surface area contributed by atoms with Crippen molar-refractivity contribution in [1.82, 2.24) is 9.97 Å². The van der Waals surface area contributed by atoms with Crippen LogP contribution in [0.2, 0.25) is 0 Å². The van der Waals surface area contributed by atoms with Gasteiger partial charge >= 0.3 is 19.5 Å². The van der Waals surface area contributed by atoms with Gasteiger partial charge in [0.05, 0.1) is 0 Å². The van der Waals surface area contributed by atoms with Crippen LogP contribution in [0.3, 0.4) is 0 Å². The number of hydrogen-bond acceptors (Lipinski definition) is 1. The van der Waals surface area contributed by atoms with Crippen molar-refractivity contribution in [1.29, 1.82) is 0 Å². The van der Waals surface area contributed by atoms with E-state index in [-0.39, 0.29) is 19.5 Å². The Bertz CT molecular complexity index is 231. The molecule has 0 radical (unpaired) electrons. The van der Waals surface area contributed by atoms with Crippen LogP contribution in [0.1, 0.15) is 5.56 Å². The summed E-state index contributed by atoms with van der Waals surface area (Å²) in [5.41, 5.74) is 1.34. The summed E-state index contributed by atoms with van der Waals surface area (Å²) in [6.07, 6.45) is 5.83. The smallest absolute Gasteiger partial charge is 0.467 e. The van der Waals surface area contributed by atoms with E-state index in [9.17, 15) is 0 Å². The number of imidazole rings is 1. The average molecular weight is 247 g/mol. The maximum atomic E-state index is 3.54. The van der Waals surface area contributed by atoms with Crippen LogP contribution in [0.5, 0.6) is 0 Å². The molecule has 0 atom stereocenters. The first-order valence-electron chi connectivity index (χ1n) is 3.43. The standard InChI is InChI=1S/C6H7.C3H3N2.Ru/c1-6-4-2-3-5-6;1-2-5-3-4-1;/h2-5H,1H3;1-2H,(H,4,5);/q2*-1;+2. The van der Waals surface area contributed by atoms with Gasteiger partial charge < -0.3 is 9.97 Å². The minimum Gasteiger partial charge on any atom is -0.467 e. The molecule has 12 heavy (non-hydrogen) atoms. The summed E-state index contributed by atoms with van der Waals surface area (Å²) in [6.45, 7) is 2.08. The van der Waals surface area contributed by atoms with Crippen molar-refractivity contribution in [3.63, 3.8) is 0 Å². The van der Waals surface area contributed by atoms with Gasteiger partial charge in [-0.25, -0.2) is 12.1 Å². The van der Waals surface area contributed by atoms with Crippen LogP contribution in [-0.2, 0) is 19.5 Å². The minimum absolute atomic E-state index is 0. The molecule has 1 heterocycles. The zero-order valence-electron chi connectivity index (χ0n) is 6.76. The van der Waals surface area contributed by atoms with Crippen molar-refractivity contribution in [3.05, 3.63) is 48.5 Å². The molecule has 2 aromatic rings. The molecule has 0 amide bonds. The van der Waals surface area contributed by atoms with Gasteiger partial charge in [0, 0.05) is 0 Å². The first-order chi connectivity index (χ1) is 5.39. The maximum Gasteiger partial charge on any atom is 2.00 e. The van der Waals surface area contributed by atoms with Crippen LogP contribution in [0.15, 0.2) is 36.7 Å². The van der Waals surface area contributed by atoms with E-state index in [1.165, 1.54) is 5.56 Å². The molecule has 0 saturated heterocycles. The minimum atomic E-state index is 0. The van der Waals surface area contributed by atoms with Crippen molar-refractivity contribution in [2.75, 3.05) is 0 Å². The Labute approximate surface area is 85.2 Å². The molecule has 0 bridgehead atoms. The van der Waals surface area contributed by atoms with Crippen molar-refractivity contribution in [2.45, 2.75) is 6.92 Å². The van der Waals surface area contributed by atoms with Crippen LogP contribution in [-0.4, -0.2) is 9.97 Å². The Morgan fingerprint density at radius 2 is 2.00 bits per heavy atom. The molecular weight excluding hydrogens is 237 g/mol. The Morgan fingerprint density at radius 1 is 1.33 bits per heavy atom. The molecule has 0 saturated carbocycles. The van der Waals surface area contributed by atoms with E-state index in [2.05, 4.69) is 35.4 Å². The SMILES string of the molecule is C[c-]1cccc1.[Ru+2].[c-]1ncc[nH]1. The first-order valence-corrected chi connectivity index (χ1v) is 3.43. The second-order valence-electron chi connectivity index (χ2n) is 2.16. The van der Waals surface area contributed by atoms with E-state index in [4.69, 9.17) is 0 Å². The number of H-pyrrole nitrogens is 1. The molecule has 0 aliphatic carbocycles. The first kappa shape index (κ1) is 11.2. The maximum absolute atomic E-state index is 3.54. The predicted octanol–water partition coefficient (Wildman–Crippen LogP) is 1.92. The third kappa shape index (κ3) is 4.92. The van der Waals surface area contributed by atoms with Crippen molar-refractivity contribution < 1.29 is 19.5 Å². The number of aromatic amines is 1. The zero-order chi connectivity index (χ0) is 7.94. The third-order valence-electron chi connectivity index (χ3n) is 1.19. The molecular formula is C9H10N2Ru. The van der Waals surface area contributed by atoms with E-state index < -0.39 is 0 Å².